The first kappa shape index (κ1) is 16.0. The summed E-state index contributed by atoms with van der Waals surface area (Å²) in [6.07, 6.45) is -14.1. The van der Waals surface area contributed by atoms with Crippen LogP contribution in [0.2, 0.25) is 0 Å². The van der Waals surface area contributed by atoms with Gasteiger partial charge in [0.05, 0.1) is 5.69 Å². The van der Waals surface area contributed by atoms with Crippen LogP contribution in [0.5, 0.6) is 5.75 Å². The maximum atomic E-state index is 13.0. The van der Waals surface area contributed by atoms with E-state index in [9.17, 15) is 31.1 Å². The number of aryl methyl sites for hydroxylation is 1. The van der Waals surface area contributed by atoms with Crippen LogP contribution in [0.3, 0.4) is 0 Å². The summed E-state index contributed by atoms with van der Waals surface area (Å²) in [5, 5.41) is 0. The first-order chi connectivity index (χ1) is 9.08. The smallest absolute Gasteiger partial charge is 0.430 e. The Morgan fingerprint density at radius 2 is 1.85 bits per heavy atom. The van der Waals surface area contributed by atoms with E-state index in [1.807, 2.05) is 0 Å². The van der Waals surface area contributed by atoms with Crippen molar-refractivity contribution in [3.63, 3.8) is 0 Å². The number of isocyanates is 1. The highest BCUT2D eigenvalue weighted by molar-refractivity contribution is 5.52. The highest BCUT2D eigenvalue weighted by Gasteiger charge is 2.59. The number of hydrogen-bond acceptors (Lipinski definition) is 3. The summed E-state index contributed by atoms with van der Waals surface area (Å²) >= 11 is 0. The third-order valence-electron chi connectivity index (χ3n) is 2.16. The Hall–Kier alpha value is -2.02. The number of hydrogen-bond donors (Lipinski definition) is 0. The third kappa shape index (κ3) is 3.74. The van der Waals surface area contributed by atoms with Crippen LogP contribution in [0.15, 0.2) is 23.2 Å². The maximum Gasteiger partial charge on any atom is 0.439 e. The molecule has 0 aromatic heterocycles. The number of halogens is 6. The van der Waals surface area contributed by atoms with Crippen LogP contribution in [-0.4, -0.2) is 24.5 Å². The van der Waals surface area contributed by atoms with Gasteiger partial charge in [-0.3, -0.25) is 0 Å². The van der Waals surface area contributed by atoms with E-state index in [1.54, 1.807) is 0 Å². The van der Waals surface area contributed by atoms with Crippen LogP contribution >= 0.6 is 0 Å². The summed E-state index contributed by atoms with van der Waals surface area (Å²) in [7, 11) is 0. The number of nitrogens with zero attached hydrogens (tertiary/aromatic N) is 1. The zero-order valence-electron chi connectivity index (χ0n) is 9.84. The van der Waals surface area contributed by atoms with Gasteiger partial charge in [-0.1, -0.05) is 0 Å². The molecule has 0 aliphatic carbocycles. The summed E-state index contributed by atoms with van der Waals surface area (Å²) in [4.78, 5) is 13.2. The second-order valence-corrected chi connectivity index (χ2v) is 3.72. The van der Waals surface area contributed by atoms with Gasteiger partial charge >= 0.3 is 12.3 Å². The molecule has 0 saturated carbocycles. The van der Waals surface area contributed by atoms with E-state index in [4.69, 9.17) is 0 Å². The molecule has 0 N–H and O–H groups in total. The molecule has 0 heterocycles. The summed E-state index contributed by atoms with van der Waals surface area (Å²) in [6, 6.07) is 2.98. The van der Waals surface area contributed by atoms with E-state index in [0.717, 1.165) is 18.2 Å². The average molecular weight is 299 g/mol. The molecule has 1 atom stereocenters. The van der Waals surface area contributed by atoms with E-state index >= 15 is 0 Å². The molecule has 1 aromatic rings. The van der Waals surface area contributed by atoms with Gasteiger partial charge in [0.25, 0.3) is 6.17 Å². The van der Waals surface area contributed by atoms with Crippen LogP contribution in [0.1, 0.15) is 5.56 Å². The fourth-order valence-electron chi connectivity index (χ4n) is 1.26. The van der Waals surface area contributed by atoms with Crippen molar-refractivity contribution in [3.8, 4) is 5.75 Å². The number of rotatable bonds is 4. The molecule has 1 aromatic carbocycles. The predicted molar refractivity (Wildman–Crippen MR) is 55.5 cm³/mol. The van der Waals surface area contributed by atoms with E-state index in [1.165, 1.54) is 13.0 Å². The summed E-state index contributed by atoms with van der Waals surface area (Å²) < 4.78 is 78.2. The zero-order valence-corrected chi connectivity index (χ0v) is 9.84. The van der Waals surface area contributed by atoms with Crippen molar-refractivity contribution in [2.45, 2.75) is 25.4 Å². The topological polar surface area (TPSA) is 38.7 Å². The minimum Gasteiger partial charge on any atom is -0.430 e. The standard InChI is InChI=1S/C11H7F6NO2/c1-6-4-7(18-5-19)2-3-8(6)20-11(16,17)9(12)10(13,14)15/h2-4,9H,1H3. The van der Waals surface area contributed by atoms with Crippen molar-refractivity contribution in [1.82, 2.24) is 0 Å². The molecule has 0 radical (unpaired) electrons. The molecular weight excluding hydrogens is 292 g/mol. The molecule has 0 aliphatic heterocycles. The van der Waals surface area contributed by atoms with Gasteiger partial charge in [0, 0.05) is 0 Å². The SMILES string of the molecule is Cc1cc(N=C=O)ccc1OC(F)(F)C(F)C(F)(F)F. The molecule has 110 valence electrons. The fourth-order valence-corrected chi connectivity index (χ4v) is 1.26. The molecule has 9 heteroatoms. The van der Waals surface area contributed by atoms with Crippen LogP contribution in [0.25, 0.3) is 0 Å². The number of aliphatic imine (C=N–C) groups is 1. The monoisotopic (exact) mass is 299 g/mol. The first-order valence-corrected chi connectivity index (χ1v) is 5.04. The van der Waals surface area contributed by atoms with Gasteiger partial charge in [-0.25, -0.2) is 9.18 Å². The molecule has 20 heavy (non-hydrogen) atoms. The van der Waals surface area contributed by atoms with Crippen molar-refractivity contribution in [1.29, 1.82) is 0 Å². The van der Waals surface area contributed by atoms with Gasteiger partial charge < -0.3 is 4.74 Å². The van der Waals surface area contributed by atoms with E-state index in [0.29, 0.717) is 0 Å². The number of alkyl halides is 6. The lowest BCUT2D eigenvalue weighted by Gasteiger charge is -2.23. The molecule has 0 aliphatic rings. The fraction of sp³-hybridized carbons (Fsp3) is 0.364. The van der Waals surface area contributed by atoms with Crippen molar-refractivity contribution in [2.75, 3.05) is 0 Å². The summed E-state index contributed by atoms with van der Waals surface area (Å²) in [5.41, 5.74) is -0.00339. The Kier molecular flexibility index (Phi) is 4.44. The molecule has 0 amide bonds. The van der Waals surface area contributed by atoms with Gasteiger partial charge in [0.15, 0.2) is 0 Å². The largest absolute Gasteiger partial charge is 0.439 e. The van der Waals surface area contributed by atoms with Gasteiger partial charge in [-0.15, -0.1) is 0 Å². The number of carbonyl (C=O) groups excluding carboxylic acids is 1. The normalized spacial score (nSPS) is 13.6. The van der Waals surface area contributed by atoms with Gasteiger partial charge in [0.2, 0.25) is 6.08 Å². The lowest BCUT2D eigenvalue weighted by Crippen LogP contribution is -2.45. The minimum atomic E-state index is -5.75. The van der Waals surface area contributed by atoms with Gasteiger partial charge in [-0.2, -0.15) is 26.9 Å². The predicted octanol–water partition coefficient (Wildman–Crippen LogP) is 3.83. The Balaban J connectivity index is 3.01. The average Bonchev–Trinajstić information content (AvgIpc) is 2.31. The van der Waals surface area contributed by atoms with Crippen LogP contribution in [0, 0.1) is 6.92 Å². The second kappa shape index (κ2) is 5.54. The van der Waals surface area contributed by atoms with Crippen molar-refractivity contribution in [3.05, 3.63) is 23.8 Å². The molecule has 0 spiro atoms. The Morgan fingerprint density at radius 3 is 2.30 bits per heavy atom. The molecule has 0 fully saturated rings. The van der Waals surface area contributed by atoms with Crippen molar-refractivity contribution in [2.24, 2.45) is 4.99 Å². The summed E-state index contributed by atoms with van der Waals surface area (Å²) in [5.74, 6) is -0.660. The quantitative estimate of drug-likeness (QED) is 0.481. The van der Waals surface area contributed by atoms with Gasteiger partial charge in [0.1, 0.15) is 5.75 Å². The Morgan fingerprint density at radius 1 is 1.25 bits per heavy atom. The highest BCUT2D eigenvalue weighted by atomic mass is 19.4. The number of ether oxygens (including phenoxy) is 1. The second-order valence-electron chi connectivity index (χ2n) is 3.72. The number of benzene rings is 1. The van der Waals surface area contributed by atoms with Crippen LogP contribution < -0.4 is 4.74 Å². The molecular formula is C11H7F6NO2. The highest BCUT2D eigenvalue weighted by Crippen LogP contribution is 2.37. The molecule has 1 rings (SSSR count). The molecule has 0 bridgehead atoms. The van der Waals surface area contributed by atoms with Crippen molar-refractivity contribution < 1.29 is 35.9 Å². The Bertz CT molecular complexity index is 536. The molecule has 3 nitrogen and oxygen atoms in total. The lowest BCUT2D eigenvalue weighted by molar-refractivity contribution is -0.305. The van der Waals surface area contributed by atoms with Gasteiger partial charge in [-0.05, 0) is 30.7 Å². The van der Waals surface area contributed by atoms with Crippen molar-refractivity contribution >= 4 is 11.8 Å². The molecule has 0 saturated heterocycles. The van der Waals surface area contributed by atoms with E-state index in [2.05, 4.69) is 9.73 Å². The van der Waals surface area contributed by atoms with E-state index in [-0.39, 0.29) is 11.3 Å². The minimum absolute atomic E-state index is 0.0424. The third-order valence-corrected chi connectivity index (χ3v) is 2.16. The summed E-state index contributed by atoms with van der Waals surface area (Å²) in [6.45, 7) is 1.22. The first-order valence-electron chi connectivity index (χ1n) is 5.04. The maximum absolute atomic E-state index is 13.0. The lowest BCUT2D eigenvalue weighted by atomic mass is 10.2. The Labute approximate surface area is 108 Å². The van der Waals surface area contributed by atoms with Crippen LogP contribution in [-0.2, 0) is 4.79 Å². The van der Waals surface area contributed by atoms with Crippen LogP contribution in [0.4, 0.5) is 32.0 Å². The zero-order chi connectivity index (χ0) is 15.6. The van der Waals surface area contributed by atoms with E-state index < -0.39 is 24.2 Å². The molecule has 1 unspecified atom stereocenters.